The fourth-order valence-electron chi connectivity index (χ4n) is 2.07. The van der Waals surface area contributed by atoms with Gasteiger partial charge in [0.25, 0.3) is 0 Å². The SMILES string of the molecule is CCOC(=O)c1ccc(Sc2ccc(OC)cc2)c(CC)c1. The molecular weight excluding hydrogens is 296 g/mol. The summed E-state index contributed by atoms with van der Waals surface area (Å²) in [5, 5.41) is 0. The van der Waals surface area contributed by atoms with E-state index in [-0.39, 0.29) is 5.97 Å². The summed E-state index contributed by atoms with van der Waals surface area (Å²) in [5.74, 6) is 0.580. The van der Waals surface area contributed by atoms with E-state index in [4.69, 9.17) is 9.47 Å². The minimum Gasteiger partial charge on any atom is -0.497 e. The van der Waals surface area contributed by atoms with Crippen LogP contribution in [0.2, 0.25) is 0 Å². The van der Waals surface area contributed by atoms with Crippen molar-refractivity contribution in [1.29, 1.82) is 0 Å². The first-order valence-corrected chi connectivity index (χ1v) is 8.11. The Morgan fingerprint density at radius 1 is 1.09 bits per heavy atom. The van der Waals surface area contributed by atoms with Crippen molar-refractivity contribution < 1.29 is 14.3 Å². The van der Waals surface area contributed by atoms with Crippen LogP contribution in [0, 0.1) is 0 Å². The number of ether oxygens (including phenoxy) is 2. The molecule has 0 saturated heterocycles. The van der Waals surface area contributed by atoms with Crippen molar-refractivity contribution in [3.8, 4) is 5.75 Å². The third-order valence-electron chi connectivity index (χ3n) is 3.24. The van der Waals surface area contributed by atoms with E-state index in [1.807, 2.05) is 49.4 Å². The molecule has 4 heteroatoms. The maximum atomic E-state index is 11.8. The molecule has 0 saturated carbocycles. The van der Waals surface area contributed by atoms with Crippen LogP contribution >= 0.6 is 11.8 Å². The van der Waals surface area contributed by atoms with Gasteiger partial charge in [-0.1, -0.05) is 18.7 Å². The number of hydrogen-bond acceptors (Lipinski definition) is 4. The Kier molecular flexibility index (Phi) is 5.90. The molecule has 0 fully saturated rings. The number of benzene rings is 2. The van der Waals surface area contributed by atoms with Gasteiger partial charge in [-0.25, -0.2) is 4.79 Å². The summed E-state index contributed by atoms with van der Waals surface area (Å²) < 4.78 is 10.2. The monoisotopic (exact) mass is 316 g/mol. The number of hydrogen-bond donors (Lipinski definition) is 0. The molecule has 0 aliphatic carbocycles. The molecule has 22 heavy (non-hydrogen) atoms. The van der Waals surface area contributed by atoms with Crippen LogP contribution in [0.4, 0.5) is 0 Å². The molecule has 0 atom stereocenters. The fourth-order valence-corrected chi connectivity index (χ4v) is 3.06. The standard InChI is InChI=1S/C18H20O3S/c1-4-13-12-14(18(19)21-5-2)6-11-17(13)22-16-9-7-15(20-3)8-10-16/h6-12H,4-5H2,1-3H3. The van der Waals surface area contributed by atoms with Crippen LogP contribution in [-0.2, 0) is 11.2 Å². The highest BCUT2D eigenvalue weighted by Gasteiger charge is 2.10. The second-order valence-electron chi connectivity index (χ2n) is 4.67. The number of carbonyl (C=O) groups excluding carboxylic acids is 1. The van der Waals surface area contributed by atoms with Crippen LogP contribution in [0.15, 0.2) is 52.3 Å². The van der Waals surface area contributed by atoms with Gasteiger partial charge in [-0.05, 0) is 61.4 Å². The van der Waals surface area contributed by atoms with Crippen molar-refractivity contribution in [2.24, 2.45) is 0 Å². The summed E-state index contributed by atoms with van der Waals surface area (Å²) in [6.45, 7) is 4.29. The van der Waals surface area contributed by atoms with Crippen LogP contribution < -0.4 is 4.74 Å². The van der Waals surface area contributed by atoms with Gasteiger partial charge in [0, 0.05) is 9.79 Å². The van der Waals surface area contributed by atoms with Crippen molar-refractivity contribution in [2.45, 2.75) is 30.1 Å². The highest BCUT2D eigenvalue weighted by Crippen LogP contribution is 2.32. The zero-order chi connectivity index (χ0) is 15.9. The second kappa shape index (κ2) is 7.90. The Balaban J connectivity index is 2.21. The summed E-state index contributed by atoms with van der Waals surface area (Å²) in [5.41, 5.74) is 1.75. The summed E-state index contributed by atoms with van der Waals surface area (Å²) in [6, 6.07) is 13.7. The van der Waals surface area contributed by atoms with Crippen molar-refractivity contribution >= 4 is 17.7 Å². The lowest BCUT2D eigenvalue weighted by molar-refractivity contribution is 0.0526. The van der Waals surface area contributed by atoms with Crippen molar-refractivity contribution in [3.63, 3.8) is 0 Å². The van der Waals surface area contributed by atoms with E-state index in [0.717, 1.165) is 27.5 Å². The summed E-state index contributed by atoms with van der Waals surface area (Å²) in [7, 11) is 1.66. The topological polar surface area (TPSA) is 35.5 Å². The summed E-state index contributed by atoms with van der Waals surface area (Å²) in [6.07, 6.45) is 0.867. The Labute approximate surface area is 135 Å². The molecule has 0 unspecified atom stereocenters. The molecule has 2 aromatic rings. The average Bonchev–Trinajstić information content (AvgIpc) is 2.56. The Bertz CT molecular complexity index is 635. The van der Waals surface area contributed by atoms with Crippen LogP contribution in [0.5, 0.6) is 5.75 Å². The van der Waals surface area contributed by atoms with Gasteiger partial charge in [-0.2, -0.15) is 0 Å². The largest absolute Gasteiger partial charge is 0.497 e. The number of rotatable bonds is 6. The average molecular weight is 316 g/mol. The van der Waals surface area contributed by atoms with Gasteiger partial charge in [0.05, 0.1) is 19.3 Å². The Morgan fingerprint density at radius 2 is 1.82 bits per heavy atom. The molecule has 0 amide bonds. The first-order valence-electron chi connectivity index (χ1n) is 7.29. The maximum Gasteiger partial charge on any atom is 0.338 e. The van der Waals surface area contributed by atoms with Crippen LogP contribution in [0.3, 0.4) is 0 Å². The van der Waals surface area contributed by atoms with Gasteiger partial charge in [-0.15, -0.1) is 0 Å². The van der Waals surface area contributed by atoms with Gasteiger partial charge in [0.1, 0.15) is 5.75 Å². The molecule has 2 aromatic carbocycles. The zero-order valence-corrected chi connectivity index (χ0v) is 13.9. The van der Waals surface area contributed by atoms with Gasteiger partial charge < -0.3 is 9.47 Å². The zero-order valence-electron chi connectivity index (χ0n) is 13.1. The lowest BCUT2D eigenvalue weighted by Gasteiger charge is -2.10. The molecule has 0 radical (unpaired) electrons. The first kappa shape index (κ1) is 16.4. The van der Waals surface area contributed by atoms with E-state index in [9.17, 15) is 4.79 Å². The molecule has 2 rings (SSSR count). The predicted molar refractivity (Wildman–Crippen MR) is 88.9 cm³/mol. The minimum absolute atomic E-state index is 0.266. The van der Waals surface area contributed by atoms with E-state index in [0.29, 0.717) is 12.2 Å². The molecule has 3 nitrogen and oxygen atoms in total. The van der Waals surface area contributed by atoms with Crippen molar-refractivity contribution in [2.75, 3.05) is 13.7 Å². The Hall–Kier alpha value is -1.94. The molecule has 0 aromatic heterocycles. The minimum atomic E-state index is -0.266. The highest BCUT2D eigenvalue weighted by atomic mass is 32.2. The normalized spacial score (nSPS) is 10.3. The lowest BCUT2D eigenvalue weighted by atomic mass is 10.1. The third kappa shape index (κ3) is 4.04. The summed E-state index contributed by atoms with van der Waals surface area (Å²) in [4.78, 5) is 14.1. The number of methoxy groups -OCH3 is 1. The molecule has 0 N–H and O–H groups in total. The van der Waals surface area contributed by atoms with Gasteiger partial charge in [-0.3, -0.25) is 0 Å². The van der Waals surface area contributed by atoms with Gasteiger partial charge in [0.2, 0.25) is 0 Å². The van der Waals surface area contributed by atoms with Crippen molar-refractivity contribution in [3.05, 3.63) is 53.6 Å². The quantitative estimate of drug-likeness (QED) is 0.730. The van der Waals surface area contributed by atoms with E-state index >= 15 is 0 Å². The van der Waals surface area contributed by atoms with Gasteiger partial charge >= 0.3 is 5.97 Å². The smallest absolute Gasteiger partial charge is 0.338 e. The second-order valence-corrected chi connectivity index (χ2v) is 5.79. The molecule has 0 heterocycles. The van der Waals surface area contributed by atoms with E-state index in [1.165, 1.54) is 0 Å². The van der Waals surface area contributed by atoms with Crippen molar-refractivity contribution in [1.82, 2.24) is 0 Å². The van der Waals surface area contributed by atoms with E-state index in [1.54, 1.807) is 18.9 Å². The lowest BCUT2D eigenvalue weighted by Crippen LogP contribution is -2.05. The third-order valence-corrected chi connectivity index (χ3v) is 4.37. The summed E-state index contributed by atoms with van der Waals surface area (Å²) >= 11 is 1.68. The fraction of sp³-hybridized carbons (Fsp3) is 0.278. The predicted octanol–water partition coefficient (Wildman–Crippen LogP) is 4.59. The molecule has 0 bridgehead atoms. The first-order chi connectivity index (χ1) is 10.7. The molecule has 0 spiro atoms. The molecule has 116 valence electrons. The molecule has 0 aliphatic rings. The number of esters is 1. The van der Waals surface area contributed by atoms with E-state index in [2.05, 4.69) is 6.92 Å². The van der Waals surface area contributed by atoms with Crippen LogP contribution in [-0.4, -0.2) is 19.7 Å². The number of aryl methyl sites for hydroxylation is 1. The van der Waals surface area contributed by atoms with Crippen LogP contribution in [0.25, 0.3) is 0 Å². The maximum absolute atomic E-state index is 11.8. The van der Waals surface area contributed by atoms with Crippen LogP contribution in [0.1, 0.15) is 29.8 Å². The number of carbonyl (C=O) groups is 1. The molecular formula is C18H20O3S. The van der Waals surface area contributed by atoms with Gasteiger partial charge in [0.15, 0.2) is 0 Å². The Morgan fingerprint density at radius 3 is 2.41 bits per heavy atom. The van der Waals surface area contributed by atoms with E-state index < -0.39 is 0 Å². The molecule has 0 aliphatic heterocycles. The highest BCUT2D eigenvalue weighted by molar-refractivity contribution is 7.99.